The summed E-state index contributed by atoms with van der Waals surface area (Å²) in [5, 5.41) is 0. The molecular formula is C13H16O. The molecule has 2 atom stereocenters. The zero-order chi connectivity index (χ0) is 9.80. The highest BCUT2D eigenvalue weighted by Crippen LogP contribution is 2.33. The Balaban J connectivity index is 2.19. The zero-order valence-electron chi connectivity index (χ0n) is 8.36. The fourth-order valence-corrected chi connectivity index (χ4v) is 2.03. The molecule has 1 nitrogen and oxygen atoms in total. The Kier molecular flexibility index (Phi) is 3.00. The van der Waals surface area contributed by atoms with Crippen LogP contribution in [0.4, 0.5) is 0 Å². The summed E-state index contributed by atoms with van der Waals surface area (Å²) in [5.74, 6) is 0.478. The van der Waals surface area contributed by atoms with Gasteiger partial charge in [0.05, 0.1) is 6.10 Å². The number of hydrogen-bond acceptors (Lipinski definition) is 1. The van der Waals surface area contributed by atoms with Crippen LogP contribution in [0.5, 0.6) is 0 Å². The first-order valence-electron chi connectivity index (χ1n) is 5.21. The summed E-state index contributed by atoms with van der Waals surface area (Å²) in [4.78, 5) is 0. The highest BCUT2D eigenvalue weighted by molar-refractivity contribution is 5.19. The van der Waals surface area contributed by atoms with Gasteiger partial charge in [0.15, 0.2) is 0 Å². The van der Waals surface area contributed by atoms with Gasteiger partial charge in [-0.1, -0.05) is 36.4 Å². The van der Waals surface area contributed by atoms with Crippen LogP contribution in [-0.2, 0) is 4.74 Å². The Hall–Kier alpha value is -1.08. The van der Waals surface area contributed by atoms with E-state index in [1.165, 1.54) is 12.0 Å². The molecule has 0 saturated carbocycles. The second kappa shape index (κ2) is 4.43. The van der Waals surface area contributed by atoms with Crippen LogP contribution >= 0.6 is 0 Å². The SMILES string of the molecule is C=C[C@@H]1CCCO[C@@H]1c1ccccc1. The summed E-state index contributed by atoms with van der Waals surface area (Å²) in [5.41, 5.74) is 1.28. The van der Waals surface area contributed by atoms with E-state index in [2.05, 4.69) is 30.8 Å². The minimum absolute atomic E-state index is 0.224. The molecule has 1 aromatic rings. The Bertz CT molecular complexity index is 291. The second-order valence-electron chi connectivity index (χ2n) is 3.74. The van der Waals surface area contributed by atoms with Crippen LogP contribution in [0, 0.1) is 5.92 Å². The lowest BCUT2D eigenvalue weighted by atomic mass is 9.90. The summed E-state index contributed by atoms with van der Waals surface area (Å²) >= 11 is 0. The van der Waals surface area contributed by atoms with Gasteiger partial charge in [0.2, 0.25) is 0 Å². The molecule has 14 heavy (non-hydrogen) atoms. The molecule has 0 unspecified atom stereocenters. The first kappa shape index (κ1) is 9.47. The van der Waals surface area contributed by atoms with Crippen molar-refractivity contribution >= 4 is 0 Å². The minimum atomic E-state index is 0.224. The molecule has 0 amide bonds. The van der Waals surface area contributed by atoms with E-state index in [9.17, 15) is 0 Å². The molecule has 1 aliphatic rings. The summed E-state index contributed by atoms with van der Waals surface area (Å²) in [6.45, 7) is 4.76. The molecule has 1 aromatic carbocycles. The summed E-state index contributed by atoms with van der Waals surface area (Å²) < 4.78 is 5.80. The van der Waals surface area contributed by atoms with E-state index in [1.54, 1.807) is 0 Å². The third kappa shape index (κ3) is 1.88. The molecule has 0 aromatic heterocycles. The van der Waals surface area contributed by atoms with Gasteiger partial charge in [-0.15, -0.1) is 6.58 Å². The zero-order valence-corrected chi connectivity index (χ0v) is 8.36. The second-order valence-corrected chi connectivity index (χ2v) is 3.74. The fraction of sp³-hybridized carbons (Fsp3) is 0.385. The predicted octanol–water partition coefficient (Wildman–Crippen LogP) is 3.34. The minimum Gasteiger partial charge on any atom is -0.373 e. The van der Waals surface area contributed by atoms with Gasteiger partial charge in [-0.3, -0.25) is 0 Å². The summed E-state index contributed by atoms with van der Waals surface area (Å²) in [6.07, 6.45) is 4.60. The Morgan fingerprint density at radius 3 is 2.79 bits per heavy atom. The maximum Gasteiger partial charge on any atom is 0.0887 e. The van der Waals surface area contributed by atoms with Crippen LogP contribution in [-0.4, -0.2) is 6.61 Å². The van der Waals surface area contributed by atoms with Gasteiger partial charge in [-0.25, -0.2) is 0 Å². The van der Waals surface area contributed by atoms with Gasteiger partial charge >= 0.3 is 0 Å². The van der Waals surface area contributed by atoms with Crippen LogP contribution in [0.15, 0.2) is 43.0 Å². The van der Waals surface area contributed by atoms with Crippen molar-refractivity contribution in [3.63, 3.8) is 0 Å². The van der Waals surface area contributed by atoms with E-state index in [0.717, 1.165) is 13.0 Å². The number of ether oxygens (including phenoxy) is 1. The average molecular weight is 188 g/mol. The van der Waals surface area contributed by atoms with Crippen molar-refractivity contribution in [2.24, 2.45) is 5.92 Å². The molecule has 2 rings (SSSR count). The largest absolute Gasteiger partial charge is 0.373 e. The Morgan fingerprint density at radius 1 is 1.29 bits per heavy atom. The van der Waals surface area contributed by atoms with Crippen molar-refractivity contribution in [1.29, 1.82) is 0 Å². The van der Waals surface area contributed by atoms with Gasteiger partial charge in [0.1, 0.15) is 0 Å². The molecule has 0 radical (unpaired) electrons. The van der Waals surface area contributed by atoms with Gasteiger partial charge < -0.3 is 4.74 Å². The molecule has 1 aliphatic heterocycles. The maximum absolute atomic E-state index is 5.80. The van der Waals surface area contributed by atoms with Gasteiger partial charge in [-0.2, -0.15) is 0 Å². The smallest absolute Gasteiger partial charge is 0.0887 e. The quantitative estimate of drug-likeness (QED) is 0.647. The molecule has 1 heterocycles. The van der Waals surface area contributed by atoms with Crippen LogP contribution < -0.4 is 0 Å². The normalized spacial score (nSPS) is 27.1. The van der Waals surface area contributed by atoms with E-state index in [1.807, 2.05) is 12.1 Å². The molecule has 1 fully saturated rings. The van der Waals surface area contributed by atoms with E-state index in [-0.39, 0.29) is 6.10 Å². The monoisotopic (exact) mass is 188 g/mol. The lowest BCUT2D eigenvalue weighted by Crippen LogP contribution is -2.20. The molecule has 1 heteroatoms. The van der Waals surface area contributed by atoms with Crippen molar-refractivity contribution in [2.75, 3.05) is 6.61 Å². The standard InChI is InChI=1S/C13H16O/c1-2-11-9-6-10-14-13(11)12-7-4-3-5-8-12/h2-5,7-8,11,13H,1,6,9-10H2/t11-,13+/m1/s1. The van der Waals surface area contributed by atoms with E-state index >= 15 is 0 Å². The highest BCUT2D eigenvalue weighted by Gasteiger charge is 2.24. The first-order valence-corrected chi connectivity index (χ1v) is 5.21. The molecule has 1 saturated heterocycles. The molecular weight excluding hydrogens is 172 g/mol. The maximum atomic E-state index is 5.80. The van der Waals surface area contributed by atoms with Crippen molar-refractivity contribution in [1.82, 2.24) is 0 Å². The number of benzene rings is 1. The van der Waals surface area contributed by atoms with Crippen LogP contribution in [0.2, 0.25) is 0 Å². The van der Waals surface area contributed by atoms with Gasteiger partial charge in [0, 0.05) is 12.5 Å². The molecule has 0 N–H and O–H groups in total. The number of rotatable bonds is 2. The lowest BCUT2D eigenvalue weighted by Gasteiger charge is -2.29. The Morgan fingerprint density at radius 2 is 2.07 bits per heavy atom. The molecule has 74 valence electrons. The summed E-state index contributed by atoms with van der Waals surface area (Å²) in [7, 11) is 0. The van der Waals surface area contributed by atoms with Crippen molar-refractivity contribution in [3.8, 4) is 0 Å². The van der Waals surface area contributed by atoms with Crippen LogP contribution in [0.1, 0.15) is 24.5 Å². The van der Waals surface area contributed by atoms with Crippen molar-refractivity contribution < 1.29 is 4.74 Å². The third-order valence-corrected chi connectivity index (χ3v) is 2.80. The molecule has 0 spiro atoms. The van der Waals surface area contributed by atoms with Crippen molar-refractivity contribution in [3.05, 3.63) is 48.6 Å². The van der Waals surface area contributed by atoms with Gasteiger partial charge in [0.25, 0.3) is 0 Å². The van der Waals surface area contributed by atoms with E-state index in [0.29, 0.717) is 5.92 Å². The van der Waals surface area contributed by atoms with E-state index in [4.69, 9.17) is 4.74 Å². The predicted molar refractivity (Wildman–Crippen MR) is 58.1 cm³/mol. The molecule has 0 bridgehead atoms. The summed E-state index contributed by atoms with van der Waals surface area (Å²) in [6, 6.07) is 10.4. The first-order chi connectivity index (χ1) is 6.92. The lowest BCUT2D eigenvalue weighted by molar-refractivity contribution is -0.0124. The fourth-order valence-electron chi connectivity index (χ4n) is 2.03. The highest BCUT2D eigenvalue weighted by atomic mass is 16.5. The van der Waals surface area contributed by atoms with Crippen molar-refractivity contribution in [2.45, 2.75) is 18.9 Å². The van der Waals surface area contributed by atoms with E-state index < -0.39 is 0 Å². The molecule has 0 aliphatic carbocycles. The average Bonchev–Trinajstić information content (AvgIpc) is 2.30. The number of hydrogen-bond donors (Lipinski definition) is 0. The van der Waals surface area contributed by atoms with Crippen LogP contribution in [0.25, 0.3) is 0 Å². The topological polar surface area (TPSA) is 9.23 Å². The third-order valence-electron chi connectivity index (χ3n) is 2.80. The Labute approximate surface area is 85.4 Å². The van der Waals surface area contributed by atoms with Crippen LogP contribution in [0.3, 0.4) is 0 Å². The van der Waals surface area contributed by atoms with Gasteiger partial charge in [-0.05, 0) is 18.4 Å².